The van der Waals surface area contributed by atoms with Crippen LogP contribution in [0.2, 0.25) is 0 Å². The zero-order valence-corrected chi connectivity index (χ0v) is 11.5. The molecule has 18 heavy (non-hydrogen) atoms. The van der Waals surface area contributed by atoms with E-state index in [0.29, 0.717) is 13.2 Å². The Morgan fingerprint density at radius 1 is 1.28 bits per heavy atom. The van der Waals surface area contributed by atoms with Crippen LogP contribution < -0.4 is 10.1 Å². The van der Waals surface area contributed by atoms with Gasteiger partial charge in [0.05, 0.1) is 7.11 Å². The van der Waals surface area contributed by atoms with Crippen LogP contribution in [0.1, 0.15) is 25.6 Å². The van der Waals surface area contributed by atoms with Gasteiger partial charge in [0, 0.05) is 19.4 Å². The van der Waals surface area contributed by atoms with Crippen LogP contribution in [0.3, 0.4) is 0 Å². The topological polar surface area (TPSA) is 52.6 Å². The summed E-state index contributed by atoms with van der Waals surface area (Å²) in [6.45, 7) is 5.04. The molecule has 5 heteroatoms. The summed E-state index contributed by atoms with van der Waals surface area (Å²) in [6.07, 6.45) is 1.35. The van der Waals surface area contributed by atoms with E-state index in [2.05, 4.69) is 10.3 Å². The van der Waals surface area contributed by atoms with Crippen LogP contribution in [0.25, 0.3) is 0 Å². The summed E-state index contributed by atoms with van der Waals surface area (Å²) in [4.78, 5) is 4.36. The van der Waals surface area contributed by atoms with Gasteiger partial charge in [-0.3, -0.25) is 4.98 Å². The molecule has 0 aromatic carbocycles. The van der Waals surface area contributed by atoms with E-state index < -0.39 is 0 Å². The van der Waals surface area contributed by atoms with Crippen LogP contribution in [0.15, 0.2) is 18.3 Å². The molecule has 0 spiro atoms. The van der Waals surface area contributed by atoms with Crippen molar-refractivity contribution in [3.05, 3.63) is 24.0 Å². The maximum atomic E-state index is 5.61. The molecule has 1 atom stereocenters. The SMILES string of the molecule is CCOC(OCC)C(NC)c1ncccc1OC. The quantitative estimate of drug-likeness (QED) is 0.716. The van der Waals surface area contributed by atoms with Crippen molar-refractivity contribution in [3.63, 3.8) is 0 Å². The van der Waals surface area contributed by atoms with Crippen molar-refractivity contribution >= 4 is 0 Å². The highest BCUT2D eigenvalue weighted by atomic mass is 16.7. The Morgan fingerprint density at radius 2 is 1.94 bits per heavy atom. The van der Waals surface area contributed by atoms with Crippen molar-refractivity contribution in [1.82, 2.24) is 10.3 Å². The van der Waals surface area contributed by atoms with Crippen molar-refractivity contribution in [2.45, 2.75) is 26.2 Å². The Bertz CT molecular complexity index is 341. The zero-order chi connectivity index (χ0) is 13.4. The number of nitrogens with zero attached hydrogens (tertiary/aromatic N) is 1. The van der Waals surface area contributed by atoms with E-state index in [-0.39, 0.29) is 12.3 Å². The van der Waals surface area contributed by atoms with Gasteiger partial charge < -0.3 is 19.5 Å². The van der Waals surface area contributed by atoms with E-state index in [0.717, 1.165) is 11.4 Å². The van der Waals surface area contributed by atoms with Crippen LogP contribution in [0, 0.1) is 0 Å². The van der Waals surface area contributed by atoms with Gasteiger partial charge in [-0.15, -0.1) is 0 Å². The lowest BCUT2D eigenvalue weighted by atomic mass is 10.1. The van der Waals surface area contributed by atoms with Crippen molar-refractivity contribution < 1.29 is 14.2 Å². The van der Waals surface area contributed by atoms with Gasteiger partial charge in [0.25, 0.3) is 0 Å². The predicted molar refractivity (Wildman–Crippen MR) is 69.6 cm³/mol. The lowest BCUT2D eigenvalue weighted by Crippen LogP contribution is -2.35. The van der Waals surface area contributed by atoms with Crippen LogP contribution in [-0.2, 0) is 9.47 Å². The summed E-state index contributed by atoms with van der Waals surface area (Å²) < 4.78 is 16.5. The Labute approximate surface area is 108 Å². The third kappa shape index (κ3) is 3.66. The Balaban J connectivity index is 2.98. The zero-order valence-electron chi connectivity index (χ0n) is 11.5. The molecule has 1 N–H and O–H groups in total. The van der Waals surface area contributed by atoms with Gasteiger partial charge in [-0.2, -0.15) is 0 Å². The number of rotatable bonds is 8. The van der Waals surface area contributed by atoms with Crippen molar-refractivity contribution in [3.8, 4) is 5.75 Å². The van der Waals surface area contributed by atoms with E-state index in [9.17, 15) is 0 Å². The minimum absolute atomic E-state index is 0.166. The molecule has 1 aromatic rings. The highest BCUT2D eigenvalue weighted by Crippen LogP contribution is 2.26. The molecule has 0 aliphatic carbocycles. The van der Waals surface area contributed by atoms with E-state index in [1.165, 1.54) is 0 Å². The molecular formula is C13H22N2O3. The standard InChI is InChI=1S/C13H22N2O3/c1-5-17-13(18-6-2)12(14-3)11-10(16-4)8-7-9-15-11/h7-9,12-14H,5-6H2,1-4H3. The summed E-state index contributed by atoms with van der Waals surface area (Å²) in [5.74, 6) is 0.723. The van der Waals surface area contributed by atoms with E-state index in [1.54, 1.807) is 13.3 Å². The Hall–Kier alpha value is -1.17. The second-order valence-electron chi connectivity index (χ2n) is 3.64. The van der Waals surface area contributed by atoms with Gasteiger partial charge in [-0.1, -0.05) is 0 Å². The molecule has 0 amide bonds. The molecule has 1 heterocycles. The average molecular weight is 254 g/mol. The number of aromatic nitrogens is 1. The lowest BCUT2D eigenvalue weighted by Gasteiger charge is -2.26. The number of methoxy groups -OCH3 is 1. The summed E-state index contributed by atoms with van der Waals surface area (Å²) in [6, 6.07) is 3.55. The fraction of sp³-hybridized carbons (Fsp3) is 0.615. The third-order valence-corrected chi connectivity index (χ3v) is 2.56. The first-order valence-electron chi connectivity index (χ1n) is 6.17. The molecule has 1 aromatic heterocycles. The molecule has 0 saturated heterocycles. The maximum Gasteiger partial charge on any atom is 0.178 e. The van der Waals surface area contributed by atoms with Crippen molar-refractivity contribution in [1.29, 1.82) is 0 Å². The normalized spacial score (nSPS) is 12.7. The maximum absolute atomic E-state index is 5.61. The van der Waals surface area contributed by atoms with Gasteiger partial charge >= 0.3 is 0 Å². The minimum atomic E-state index is -0.381. The molecule has 102 valence electrons. The molecule has 1 unspecified atom stereocenters. The number of hydrogen-bond donors (Lipinski definition) is 1. The van der Waals surface area contributed by atoms with Crippen molar-refractivity contribution in [2.24, 2.45) is 0 Å². The van der Waals surface area contributed by atoms with Crippen LogP contribution in [0.4, 0.5) is 0 Å². The van der Waals surface area contributed by atoms with Gasteiger partial charge in [0.2, 0.25) is 0 Å². The number of ether oxygens (including phenoxy) is 3. The first kappa shape index (κ1) is 14.9. The smallest absolute Gasteiger partial charge is 0.178 e. The Morgan fingerprint density at radius 3 is 2.44 bits per heavy atom. The van der Waals surface area contributed by atoms with Crippen LogP contribution in [-0.4, -0.2) is 38.6 Å². The van der Waals surface area contributed by atoms with Gasteiger partial charge in [-0.05, 0) is 33.0 Å². The van der Waals surface area contributed by atoms with Gasteiger partial charge in [-0.25, -0.2) is 0 Å². The molecule has 0 aliphatic heterocycles. The Kier molecular flexibility index (Phi) is 6.64. The highest BCUT2D eigenvalue weighted by molar-refractivity contribution is 5.29. The molecule has 0 bridgehead atoms. The number of hydrogen-bond acceptors (Lipinski definition) is 5. The average Bonchev–Trinajstić information content (AvgIpc) is 2.40. The first-order chi connectivity index (χ1) is 8.78. The summed E-state index contributed by atoms with van der Waals surface area (Å²) in [5.41, 5.74) is 0.786. The van der Waals surface area contributed by atoms with Crippen LogP contribution >= 0.6 is 0 Å². The first-order valence-corrected chi connectivity index (χ1v) is 6.17. The minimum Gasteiger partial charge on any atom is -0.495 e. The lowest BCUT2D eigenvalue weighted by molar-refractivity contribution is -0.155. The molecule has 0 aliphatic rings. The molecular weight excluding hydrogens is 232 g/mol. The molecule has 0 radical (unpaired) electrons. The predicted octanol–water partition coefficient (Wildman–Crippen LogP) is 1.75. The fourth-order valence-corrected chi connectivity index (χ4v) is 1.78. The number of pyridine rings is 1. The summed E-state index contributed by atoms with van der Waals surface area (Å²) in [7, 11) is 3.48. The second-order valence-corrected chi connectivity index (χ2v) is 3.64. The number of nitrogens with one attached hydrogen (secondary N) is 1. The van der Waals surface area contributed by atoms with Crippen molar-refractivity contribution in [2.75, 3.05) is 27.4 Å². The van der Waals surface area contributed by atoms with Gasteiger partial charge in [0.15, 0.2) is 6.29 Å². The molecule has 0 saturated carbocycles. The van der Waals surface area contributed by atoms with Crippen LogP contribution in [0.5, 0.6) is 5.75 Å². The molecule has 0 fully saturated rings. The monoisotopic (exact) mass is 254 g/mol. The molecule has 1 rings (SSSR count). The largest absolute Gasteiger partial charge is 0.495 e. The molecule has 5 nitrogen and oxygen atoms in total. The summed E-state index contributed by atoms with van der Waals surface area (Å²) >= 11 is 0. The van der Waals surface area contributed by atoms with Gasteiger partial charge in [0.1, 0.15) is 17.5 Å². The van der Waals surface area contributed by atoms with E-state index in [4.69, 9.17) is 14.2 Å². The van der Waals surface area contributed by atoms with E-state index >= 15 is 0 Å². The number of likely N-dealkylation sites (N-methyl/N-ethyl adjacent to an activating group) is 1. The highest BCUT2D eigenvalue weighted by Gasteiger charge is 2.26. The third-order valence-electron chi connectivity index (χ3n) is 2.56. The van der Waals surface area contributed by atoms with E-state index in [1.807, 2.05) is 33.0 Å². The second kappa shape index (κ2) is 8.02. The fourth-order valence-electron chi connectivity index (χ4n) is 1.78. The summed E-state index contributed by atoms with van der Waals surface area (Å²) in [5, 5.41) is 3.17.